The van der Waals surface area contributed by atoms with Crippen LogP contribution >= 0.6 is 0 Å². The Kier molecular flexibility index (Phi) is 7.75. The van der Waals surface area contributed by atoms with Gasteiger partial charge in [0.1, 0.15) is 12.1 Å². The van der Waals surface area contributed by atoms with Crippen molar-refractivity contribution in [2.75, 3.05) is 7.11 Å². The third-order valence-electron chi connectivity index (χ3n) is 4.46. The third kappa shape index (κ3) is 6.23. The monoisotopic (exact) mass is 382 g/mol. The normalized spacial score (nSPS) is 12.5. The summed E-state index contributed by atoms with van der Waals surface area (Å²) in [5.74, 6) is -1.27. The van der Waals surface area contributed by atoms with Crippen molar-refractivity contribution in [3.63, 3.8) is 0 Å². The van der Waals surface area contributed by atoms with E-state index in [2.05, 4.69) is 10.6 Å². The molecule has 0 radical (unpaired) electrons. The largest absolute Gasteiger partial charge is 0.467 e. The Morgan fingerprint density at radius 1 is 0.893 bits per heavy atom. The summed E-state index contributed by atoms with van der Waals surface area (Å²) in [4.78, 5) is 36.7. The van der Waals surface area contributed by atoms with Crippen molar-refractivity contribution in [2.45, 2.75) is 38.8 Å². The van der Waals surface area contributed by atoms with E-state index in [1.165, 1.54) is 14.0 Å². The molecule has 28 heavy (non-hydrogen) atoms. The highest BCUT2D eigenvalue weighted by Gasteiger charge is 2.27. The minimum Gasteiger partial charge on any atom is -0.467 e. The van der Waals surface area contributed by atoms with Gasteiger partial charge in [-0.25, -0.2) is 4.79 Å². The molecule has 0 saturated heterocycles. The molecule has 0 bridgehead atoms. The molecule has 6 heteroatoms. The Bertz CT molecular complexity index is 820. The van der Waals surface area contributed by atoms with Crippen LogP contribution in [0.15, 0.2) is 54.6 Å². The summed E-state index contributed by atoms with van der Waals surface area (Å²) in [5, 5.41) is 5.40. The van der Waals surface area contributed by atoms with Crippen molar-refractivity contribution in [1.82, 2.24) is 10.6 Å². The standard InChI is InChI=1S/C22H26N2O4/c1-15-9-7-8-12-18(15)14-20(22(27)28-3)24-21(26)19(23-16(2)25)13-17-10-5-4-6-11-17/h4-12,19-20H,13-14H2,1-3H3,(H,23,25)(H,24,26)/t19-,20-/m0/s1. The zero-order valence-electron chi connectivity index (χ0n) is 16.4. The molecule has 2 rings (SSSR count). The fraction of sp³-hybridized carbons (Fsp3) is 0.318. The van der Waals surface area contributed by atoms with Crippen molar-refractivity contribution < 1.29 is 19.1 Å². The molecule has 0 aliphatic heterocycles. The SMILES string of the molecule is COC(=O)[C@H](Cc1ccccc1C)NC(=O)[C@H](Cc1ccccc1)NC(C)=O. The third-order valence-corrected chi connectivity index (χ3v) is 4.46. The molecule has 0 saturated carbocycles. The molecular formula is C22H26N2O4. The molecule has 0 fully saturated rings. The number of aryl methyl sites for hydroxylation is 1. The van der Waals surface area contributed by atoms with Crippen molar-refractivity contribution in [1.29, 1.82) is 0 Å². The first kappa shape index (κ1) is 21.2. The minimum atomic E-state index is -0.842. The molecule has 0 heterocycles. The number of hydrogen-bond acceptors (Lipinski definition) is 4. The summed E-state index contributed by atoms with van der Waals surface area (Å²) in [5.41, 5.74) is 2.87. The lowest BCUT2D eigenvalue weighted by Crippen LogP contribution is -2.53. The average molecular weight is 382 g/mol. The first-order chi connectivity index (χ1) is 13.4. The van der Waals surface area contributed by atoms with Crippen LogP contribution in [0.1, 0.15) is 23.6 Å². The summed E-state index contributed by atoms with van der Waals surface area (Å²) < 4.78 is 4.86. The molecule has 2 aromatic carbocycles. The van der Waals surface area contributed by atoms with Crippen LogP contribution in [0.3, 0.4) is 0 Å². The van der Waals surface area contributed by atoms with E-state index >= 15 is 0 Å². The average Bonchev–Trinajstić information content (AvgIpc) is 2.68. The van der Waals surface area contributed by atoms with Crippen molar-refractivity contribution in [3.8, 4) is 0 Å². The van der Waals surface area contributed by atoms with Crippen LogP contribution in [0, 0.1) is 6.92 Å². The van der Waals surface area contributed by atoms with E-state index < -0.39 is 24.0 Å². The van der Waals surface area contributed by atoms with Gasteiger partial charge in [0.05, 0.1) is 7.11 Å². The molecule has 0 aromatic heterocycles. The Morgan fingerprint density at radius 2 is 1.54 bits per heavy atom. The number of benzene rings is 2. The van der Waals surface area contributed by atoms with Crippen LogP contribution in [0.4, 0.5) is 0 Å². The zero-order chi connectivity index (χ0) is 20.5. The van der Waals surface area contributed by atoms with E-state index in [4.69, 9.17) is 4.74 Å². The number of ether oxygens (including phenoxy) is 1. The second kappa shape index (κ2) is 10.3. The van der Waals surface area contributed by atoms with Gasteiger partial charge in [-0.1, -0.05) is 54.6 Å². The lowest BCUT2D eigenvalue weighted by atomic mass is 10.00. The molecule has 0 aliphatic rings. The number of hydrogen-bond donors (Lipinski definition) is 2. The molecule has 2 atom stereocenters. The van der Waals surface area contributed by atoms with E-state index in [-0.39, 0.29) is 5.91 Å². The Balaban J connectivity index is 2.17. The summed E-state index contributed by atoms with van der Waals surface area (Å²) in [6.07, 6.45) is 0.633. The fourth-order valence-electron chi connectivity index (χ4n) is 2.97. The van der Waals surface area contributed by atoms with Gasteiger partial charge in [-0.05, 0) is 23.6 Å². The fourth-order valence-corrected chi connectivity index (χ4v) is 2.97. The van der Waals surface area contributed by atoms with Crippen LogP contribution in [0.5, 0.6) is 0 Å². The van der Waals surface area contributed by atoms with Gasteiger partial charge in [-0.2, -0.15) is 0 Å². The van der Waals surface area contributed by atoms with Crippen LogP contribution in [-0.2, 0) is 32.0 Å². The Morgan fingerprint density at radius 3 is 2.14 bits per heavy atom. The van der Waals surface area contributed by atoms with Crippen molar-refractivity contribution in [3.05, 3.63) is 71.3 Å². The second-order valence-corrected chi connectivity index (χ2v) is 6.66. The van der Waals surface area contributed by atoms with Gasteiger partial charge in [-0.3, -0.25) is 9.59 Å². The Labute approximate surface area is 165 Å². The second-order valence-electron chi connectivity index (χ2n) is 6.66. The minimum absolute atomic E-state index is 0.309. The summed E-state index contributed by atoms with van der Waals surface area (Å²) in [6.45, 7) is 3.30. The number of amides is 2. The van der Waals surface area contributed by atoms with Gasteiger partial charge in [-0.15, -0.1) is 0 Å². The first-order valence-electron chi connectivity index (χ1n) is 9.14. The van der Waals surface area contributed by atoms with Crippen LogP contribution in [0.25, 0.3) is 0 Å². The molecule has 148 valence electrons. The Hall–Kier alpha value is -3.15. The van der Waals surface area contributed by atoms with Gasteiger partial charge in [0.25, 0.3) is 0 Å². The molecule has 0 aliphatic carbocycles. The molecule has 0 spiro atoms. The highest BCUT2D eigenvalue weighted by Crippen LogP contribution is 2.11. The number of rotatable bonds is 8. The highest BCUT2D eigenvalue weighted by molar-refractivity contribution is 5.90. The van der Waals surface area contributed by atoms with Gasteiger partial charge in [0, 0.05) is 19.8 Å². The predicted molar refractivity (Wildman–Crippen MR) is 107 cm³/mol. The van der Waals surface area contributed by atoms with E-state index in [1.807, 2.05) is 61.5 Å². The summed E-state index contributed by atoms with van der Waals surface area (Å²) in [6, 6.07) is 15.4. The summed E-state index contributed by atoms with van der Waals surface area (Å²) >= 11 is 0. The topological polar surface area (TPSA) is 84.5 Å². The number of carbonyl (C=O) groups is 3. The van der Waals surface area contributed by atoms with Crippen LogP contribution in [-0.4, -0.2) is 37.0 Å². The highest BCUT2D eigenvalue weighted by atomic mass is 16.5. The lowest BCUT2D eigenvalue weighted by Gasteiger charge is -2.22. The number of carbonyl (C=O) groups excluding carboxylic acids is 3. The zero-order valence-corrected chi connectivity index (χ0v) is 16.4. The molecule has 6 nitrogen and oxygen atoms in total. The van der Waals surface area contributed by atoms with Gasteiger partial charge in [0.15, 0.2) is 0 Å². The number of nitrogens with one attached hydrogen (secondary N) is 2. The number of methoxy groups -OCH3 is 1. The van der Waals surface area contributed by atoms with E-state index in [9.17, 15) is 14.4 Å². The van der Waals surface area contributed by atoms with E-state index in [1.54, 1.807) is 0 Å². The van der Waals surface area contributed by atoms with Gasteiger partial charge >= 0.3 is 5.97 Å². The van der Waals surface area contributed by atoms with Crippen LogP contribution in [0.2, 0.25) is 0 Å². The van der Waals surface area contributed by atoms with Gasteiger partial charge < -0.3 is 15.4 Å². The number of esters is 1. The lowest BCUT2D eigenvalue weighted by molar-refractivity contribution is -0.145. The summed E-state index contributed by atoms with van der Waals surface area (Å²) in [7, 11) is 1.29. The van der Waals surface area contributed by atoms with Gasteiger partial charge in [0.2, 0.25) is 11.8 Å². The van der Waals surface area contributed by atoms with Crippen molar-refractivity contribution >= 4 is 17.8 Å². The quantitative estimate of drug-likeness (QED) is 0.684. The predicted octanol–water partition coefficient (Wildman–Crippen LogP) is 1.94. The maximum Gasteiger partial charge on any atom is 0.328 e. The van der Waals surface area contributed by atoms with E-state index in [0.29, 0.717) is 12.8 Å². The maximum absolute atomic E-state index is 12.9. The molecular weight excluding hydrogens is 356 g/mol. The maximum atomic E-state index is 12.9. The first-order valence-corrected chi connectivity index (χ1v) is 9.14. The molecule has 2 N–H and O–H groups in total. The smallest absolute Gasteiger partial charge is 0.328 e. The molecule has 0 unspecified atom stereocenters. The molecule has 2 amide bonds. The van der Waals surface area contributed by atoms with E-state index in [0.717, 1.165) is 16.7 Å². The van der Waals surface area contributed by atoms with Crippen LogP contribution < -0.4 is 10.6 Å². The molecule has 2 aromatic rings. The van der Waals surface area contributed by atoms with Crippen molar-refractivity contribution in [2.24, 2.45) is 0 Å².